The maximum atomic E-state index is 3.50. The quantitative estimate of drug-likeness (QED) is 0.819. The molecule has 0 bridgehead atoms. The van der Waals surface area contributed by atoms with E-state index in [1.54, 1.807) is 0 Å². The smallest absolute Gasteiger partial charge is 0.0351 e. The van der Waals surface area contributed by atoms with Crippen molar-refractivity contribution in [3.63, 3.8) is 0 Å². The van der Waals surface area contributed by atoms with Gasteiger partial charge in [0, 0.05) is 35.8 Å². The molecule has 3 heteroatoms. The van der Waals surface area contributed by atoms with Gasteiger partial charge < -0.3 is 5.32 Å². The van der Waals surface area contributed by atoms with Crippen molar-refractivity contribution in [3.05, 3.63) is 28.7 Å². The van der Waals surface area contributed by atoms with Crippen LogP contribution in [0.2, 0.25) is 0 Å². The van der Waals surface area contributed by atoms with E-state index in [1.807, 2.05) is 0 Å². The molecule has 2 rings (SSSR count). The number of hydrogen-bond donors (Lipinski definition) is 1. The second-order valence-corrected chi connectivity index (χ2v) is 6.47. The number of halogens is 1. The van der Waals surface area contributed by atoms with Crippen molar-refractivity contribution < 1.29 is 0 Å². The summed E-state index contributed by atoms with van der Waals surface area (Å²) in [5.74, 6) is 0.761. The van der Waals surface area contributed by atoms with E-state index in [0.717, 1.165) is 29.5 Å². The molecule has 0 radical (unpaired) electrons. The largest absolute Gasteiger partial charge is 0.384 e. The van der Waals surface area contributed by atoms with Gasteiger partial charge >= 0.3 is 0 Å². The number of nitrogens with zero attached hydrogens (tertiary/aromatic N) is 1. The van der Waals surface area contributed by atoms with Crippen molar-refractivity contribution in [2.75, 3.05) is 25.0 Å². The van der Waals surface area contributed by atoms with Crippen LogP contribution in [-0.2, 0) is 0 Å². The Hall–Kier alpha value is -0.540. The lowest BCUT2D eigenvalue weighted by Crippen LogP contribution is -2.34. The summed E-state index contributed by atoms with van der Waals surface area (Å²) in [5.41, 5.74) is 1.20. The van der Waals surface area contributed by atoms with E-state index in [1.165, 1.54) is 25.1 Å². The molecule has 100 valence electrons. The van der Waals surface area contributed by atoms with Crippen molar-refractivity contribution >= 4 is 21.6 Å². The van der Waals surface area contributed by atoms with Crippen LogP contribution in [0.5, 0.6) is 0 Å². The van der Waals surface area contributed by atoms with Crippen LogP contribution in [0.25, 0.3) is 0 Å². The number of nitrogens with one attached hydrogen (secondary N) is 1. The molecular formula is C15H23BrN2. The van der Waals surface area contributed by atoms with Crippen LogP contribution in [-0.4, -0.2) is 30.6 Å². The Balaban J connectivity index is 1.76. The Kier molecular flexibility index (Phi) is 5.07. The van der Waals surface area contributed by atoms with Gasteiger partial charge in [-0.25, -0.2) is 0 Å². The lowest BCUT2D eigenvalue weighted by Gasteiger charge is -2.24. The van der Waals surface area contributed by atoms with Gasteiger partial charge in [-0.05, 0) is 37.0 Å². The average Bonchev–Trinajstić information content (AvgIpc) is 3.11. The van der Waals surface area contributed by atoms with Crippen LogP contribution in [0.4, 0.5) is 5.69 Å². The first-order valence-electron chi connectivity index (χ1n) is 6.88. The van der Waals surface area contributed by atoms with E-state index >= 15 is 0 Å². The molecule has 2 nitrogen and oxygen atoms in total. The summed E-state index contributed by atoms with van der Waals surface area (Å²) in [6.07, 6.45) is 2.78. The first-order chi connectivity index (χ1) is 8.65. The van der Waals surface area contributed by atoms with Crippen LogP contribution in [0.1, 0.15) is 26.7 Å². The van der Waals surface area contributed by atoms with Gasteiger partial charge in [-0.15, -0.1) is 0 Å². The van der Waals surface area contributed by atoms with Gasteiger partial charge in [0.2, 0.25) is 0 Å². The van der Waals surface area contributed by atoms with Crippen LogP contribution in [0.3, 0.4) is 0 Å². The van der Waals surface area contributed by atoms with Gasteiger partial charge in [-0.1, -0.05) is 35.8 Å². The molecule has 18 heavy (non-hydrogen) atoms. The molecule has 1 fully saturated rings. The van der Waals surface area contributed by atoms with Crippen LogP contribution >= 0.6 is 15.9 Å². The molecule has 0 saturated heterocycles. The van der Waals surface area contributed by atoms with E-state index in [4.69, 9.17) is 0 Å². The highest BCUT2D eigenvalue weighted by Crippen LogP contribution is 2.27. The minimum atomic E-state index is 0.761. The fraction of sp³-hybridized carbons (Fsp3) is 0.600. The second-order valence-electron chi connectivity index (χ2n) is 5.56. The summed E-state index contributed by atoms with van der Waals surface area (Å²) in [6, 6.07) is 9.23. The SMILES string of the molecule is CC(C)CN(CCNc1cccc(Br)c1)C1CC1. The van der Waals surface area contributed by atoms with E-state index in [9.17, 15) is 0 Å². The standard InChI is InChI=1S/C15H23BrN2/c1-12(2)11-18(15-6-7-15)9-8-17-14-5-3-4-13(16)10-14/h3-5,10,12,15,17H,6-9,11H2,1-2H3. The summed E-state index contributed by atoms with van der Waals surface area (Å²) in [5, 5.41) is 3.50. The third-order valence-corrected chi connectivity index (χ3v) is 3.71. The Morgan fingerprint density at radius 3 is 2.78 bits per heavy atom. The van der Waals surface area contributed by atoms with Crippen molar-refractivity contribution in [2.45, 2.75) is 32.7 Å². The van der Waals surface area contributed by atoms with Crippen LogP contribution < -0.4 is 5.32 Å². The van der Waals surface area contributed by atoms with Gasteiger partial charge in [-0.2, -0.15) is 0 Å². The van der Waals surface area contributed by atoms with Crippen molar-refractivity contribution in [1.29, 1.82) is 0 Å². The van der Waals surface area contributed by atoms with Crippen LogP contribution in [0.15, 0.2) is 28.7 Å². The number of rotatable bonds is 7. The van der Waals surface area contributed by atoms with Crippen molar-refractivity contribution in [1.82, 2.24) is 4.90 Å². The summed E-state index contributed by atoms with van der Waals surface area (Å²) >= 11 is 3.50. The zero-order valence-electron chi connectivity index (χ0n) is 11.3. The van der Waals surface area contributed by atoms with Gasteiger partial charge in [-0.3, -0.25) is 4.90 Å². The van der Waals surface area contributed by atoms with Crippen LogP contribution in [0, 0.1) is 5.92 Å². The summed E-state index contributed by atoms with van der Waals surface area (Å²) in [4.78, 5) is 2.63. The molecule has 1 aliphatic carbocycles. The highest BCUT2D eigenvalue weighted by atomic mass is 79.9. The number of benzene rings is 1. The van der Waals surface area contributed by atoms with Gasteiger partial charge in [0.25, 0.3) is 0 Å². The average molecular weight is 311 g/mol. The molecule has 1 aromatic rings. The fourth-order valence-corrected chi connectivity index (χ4v) is 2.67. The maximum Gasteiger partial charge on any atom is 0.0351 e. The maximum absolute atomic E-state index is 3.50. The van der Waals surface area contributed by atoms with Crippen molar-refractivity contribution in [3.8, 4) is 0 Å². The third kappa shape index (κ3) is 4.62. The Morgan fingerprint density at radius 2 is 2.17 bits per heavy atom. The highest BCUT2D eigenvalue weighted by Gasteiger charge is 2.28. The summed E-state index contributed by atoms with van der Waals surface area (Å²) in [7, 11) is 0. The second kappa shape index (κ2) is 6.58. The van der Waals surface area contributed by atoms with E-state index < -0.39 is 0 Å². The predicted octanol–water partition coefficient (Wildman–Crippen LogP) is 3.98. The molecule has 0 unspecified atom stereocenters. The number of anilines is 1. The summed E-state index contributed by atoms with van der Waals surface area (Å²) in [6.45, 7) is 8.01. The van der Waals surface area contributed by atoms with E-state index in [2.05, 4.69) is 64.3 Å². The molecule has 0 atom stereocenters. The van der Waals surface area contributed by atoms with E-state index in [-0.39, 0.29) is 0 Å². The first kappa shape index (κ1) is 13.9. The third-order valence-electron chi connectivity index (χ3n) is 3.22. The highest BCUT2D eigenvalue weighted by molar-refractivity contribution is 9.10. The molecule has 1 aromatic carbocycles. The molecule has 0 aliphatic heterocycles. The molecule has 0 heterocycles. The topological polar surface area (TPSA) is 15.3 Å². The Morgan fingerprint density at radius 1 is 1.39 bits per heavy atom. The Labute approximate surface area is 119 Å². The van der Waals surface area contributed by atoms with Gasteiger partial charge in [0.15, 0.2) is 0 Å². The molecule has 0 amide bonds. The minimum absolute atomic E-state index is 0.761. The van der Waals surface area contributed by atoms with Gasteiger partial charge in [0.05, 0.1) is 0 Å². The van der Waals surface area contributed by atoms with Gasteiger partial charge in [0.1, 0.15) is 0 Å². The lowest BCUT2D eigenvalue weighted by molar-refractivity contribution is 0.243. The van der Waals surface area contributed by atoms with Crippen molar-refractivity contribution in [2.24, 2.45) is 5.92 Å². The molecule has 0 aromatic heterocycles. The summed E-state index contributed by atoms with van der Waals surface area (Å²) < 4.78 is 1.13. The fourth-order valence-electron chi connectivity index (χ4n) is 2.27. The Bertz CT molecular complexity index is 375. The first-order valence-corrected chi connectivity index (χ1v) is 7.68. The zero-order valence-corrected chi connectivity index (χ0v) is 12.9. The number of hydrogen-bond acceptors (Lipinski definition) is 2. The van der Waals surface area contributed by atoms with E-state index in [0.29, 0.717) is 0 Å². The molecular weight excluding hydrogens is 288 g/mol. The molecule has 1 saturated carbocycles. The predicted molar refractivity (Wildman–Crippen MR) is 82.1 cm³/mol. The molecule has 1 N–H and O–H groups in total. The monoisotopic (exact) mass is 310 g/mol. The normalized spacial score (nSPS) is 15.4. The zero-order chi connectivity index (χ0) is 13.0. The minimum Gasteiger partial charge on any atom is -0.384 e. The molecule has 0 spiro atoms. The molecule has 1 aliphatic rings. The lowest BCUT2D eigenvalue weighted by atomic mass is 10.2.